The van der Waals surface area contributed by atoms with Crippen molar-refractivity contribution < 1.29 is 18.7 Å². The molecule has 0 amide bonds. The Morgan fingerprint density at radius 3 is 2.00 bits per heavy atom. The third kappa shape index (κ3) is 6.80. The average Bonchev–Trinajstić information content (AvgIpc) is 3.51. The van der Waals surface area contributed by atoms with Gasteiger partial charge in [0.25, 0.3) is 0 Å². The SMILES string of the molecule is Clc1cc(-c2oncc2-c2ccc(CN3CCOCC3)cc2)c(OCc2ccccc2)cc1OCc1ccccc1. The van der Waals surface area contributed by atoms with Gasteiger partial charge >= 0.3 is 0 Å². The number of hydrogen-bond acceptors (Lipinski definition) is 6. The third-order valence-corrected chi connectivity index (χ3v) is 7.39. The van der Waals surface area contributed by atoms with E-state index in [9.17, 15) is 0 Å². The highest BCUT2D eigenvalue weighted by atomic mass is 35.5. The van der Waals surface area contributed by atoms with Crippen LogP contribution in [0.15, 0.2) is 108 Å². The quantitative estimate of drug-likeness (QED) is 0.173. The summed E-state index contributed by atoms with van der Waals surface area (Å²) in [4.78, 5) is 2.41. The van der Waals surface area contributed by atoms with Crippen LogP contribution in [0.1, 0.15) is 16.7 Å². The smallest absolute Gasteiger partial charge is 0.178 e. The summed E-state index contributed by atoms with van der Waals surface area (Å²) in [5.74, 6) is 1.73. The Morgan fingerprint density at radius 1 is 0.707 bits per heavy atom. The van der Waals surface area contributed by atoms with Gasteiger partial charge in [0.1, 0.15) is 24.7 Å². The fourth-order valence-corrected chi connectivity index (χ4v) is 5.08. The molecule has 0 saturated carbocycles. The maximum absolute atomic E-state index is 6.76. The third-order valence-electron chi connectivity index (χ3n) is 7.10. The standard InChI is InChI=1S/C34H31ClN2O4/c35-31-19-29(34-30(21-36-41-34)28-13-11-25(12-14-28)22-37-15-17-38-18-16-37)32(39-23-26-7-3-1-4-8-26)20-33(31)40-24-27-9-5-2-6-10-27/h1-14,19-21H,15-18,22-24H2. The number of ether oxygens (including phenoxy) is 3. The molecule has 0 spiro atoms. The largest absolute Gasteiger partial charge is 0.488 e. The van der Waals surface area contributed by atoms with Crippen molar-refractivity contribution in [1.29, 1.82) is 0 Å². The molecular formula is C34H31ClN2O4. The Hall–Kier alpha value is -4.10. The molecule has 4 aromatic carbocycles. The zero-order chi connectivity index (χ0) is 27.9. The molecule has 1 saturated heterocycles. The van der Waals surface area contributed by atoms with Gasteiger partial charge in [-0.15, -0.1) is 0 Å². The zero-order valence-electron chi connectivity index (χ0n) is 22.7. The van der Waals surface area contributed by atoms with Crippen molar-refractivity contribution in [3.63, 3.8) is 0 Å². The highest BCUT2D eigenvalue weighted by Gasteiger charge is 2.21. The number of nitrogens with zero attached hydrogens (tertiary/aromatic N) is 2. The first-order chi connectivity index (χ1) is 20.2. The van der Waals surface area contributed by atoms with Crippen LogP contribution in [-0.4, -0.2) is 36.4 Å². The Balaban J connectivity index is 1.28. The first kappa shape index (κ1) is 27.1. The van der Waals surface area contributed by atoms with Gasteiger partial charge in [0, 0.05) is 31.3 Å². The topological polar surface area (TPSA) is 57.0 Å². The van der Waals surface area contributed by atoms with Crippen LogP contribution in [0, 0.1) is 0 Å². The minimum absolute atomic E-state index is 0.382. The van der Waals surface area contributed by atoms with E-state index in [4.69, 9.17) is 30.3 Å². The maximum atomic E-state index is 6.76. The van der Waals surface area contributed by atoms with Crippen molar-refractivity contribution in [1.82, 2.24) is 10.1 Å². The van der Waals surface area contributed by atoms with Crippen LogP contribution in [0.25, 0.3) is 22.5 Å². The van der Waals surface area contributed by atoms with E-state index in [2.05, 4.69) is 34.3 Å². The lowest BCUT2D eigenvalue weighted by atomic mass is 10.0. The second-order valence-corrected chi connectivity index (χ2v) is 10.4. The van der Waals surface area contributed by atoms with Gasteiger partial charge in [0.05, 0.1) is 30.0 Å². The number of hydrogen-bond donors (Lipinski definition) is 0. The minimum Gasteiger partial charge on any atom is -0.488 e. The molecule has 6 rings (SSSR count). The lowest BCUT2D eigenvalue weighted by Crippen LogP contribution is -2.35. The zero-order valence-corrected chi connectivity index (χ0v) is 23.4. The summed E-state index contributed by atoms with van der Waals surface area (Å²) in [6.07, 6.45) is 1.74. The normalized spacial score (nSPS) is 13.7. The summed E-state index contributed by atoms with van der Waals surface area (Å²) in [6.45, 7) is 5.16. The monoisotopic (exact) mass is 566 g/mol. The predicted molar refractivity (Wildman–Crippen MR) is 160 cm³/mol. The fraction of sp³-hybridized carbons (Fsp3) is 0.206. The van der Waals surface area contributed by atoms with Crippen LogP contribution in [0.4, 0.5) is 0 Å². The van der Waals surface area contributed by atoms with E-state index in [0.29, 0.717) is 41.1 Å². The van der Waals surface area contributed by atoms with E-state index in [1.165, 1.54) is 5.56 Å². The van der Waals surface area contributed by atoms with Crippen molar-refractivity contribution in [2.24, 2.45) is 0 Å². The minimum atomic E-state index is 0.382. The average molecular weight is 567 g/mol. The number of rotatable bonds is 10. The summed E-state index contributed by atoms with van der Waals surface area (Å²) < 4.78 is 23.8. The summed E-state index contributed by atoms with van der Waals surface area (Å²) in [7, 11) is 0. The van der Waals surface area contributed by atoms with Gasteiger partial charge in [-0.2, -0.15) is 0 Å². The van der Waals surface area contributed by atoms with Crippen LogP contribution in [0.2, 0.25) is 5.02 Å². The lowest BCUT2D eigenvalue weighted by Gasteiger charge is -2.26. The number of aromatic nitrogens is 1. The van der Waals surface area contributed by atoms with E-state index < -0.39 is 0 Å². The molecule has 7 heteroatoms. The molecule has 2 heterocycles. The number of benzene rings is 4. The predicted octanol–water partition coefficient (Wildman–Crippen LogP) is 7.65. The van der Waals surface area contributed by atoms with Crippen LogP contribution in [-0.2, 0) is 24.5 Å². The van der Waals surface area contributed by atoms with Crippen molar-refractivity contribution in [3.8, 4) is 33.9 Å². The first-order valence-corrected chi connectivity index (χ1v) is 14.1. The molecular weight excluding hydrogens is 536 g/mol. The molecule has 0 aliphatic carbocycles. The van der Waals surface area contributed by atoms with E-state index in [1.54, 1.807) is 6.20 Å². The van der Waals surface area contributed by atoms with Gasteiger partial charge in [-0.3, -0.25) is 4.90 Å². The van der Waals surface area contributed by atoms with Crippen molar-refractivity contribution in [3.05, 3.63) is 125 Å². The molecule has 208 valence electrons. The van der Waals surface area contributed by atoms with Gasteiger partial charge in [0.15, 0.2) is 5.76 Å². The summed E-state index contributed by atoms with van der Waals surface area (Å²) in [6, 6.07) is 32.2. The van der Waals surface area contributed by atoms with E-state index in [0.717, 1.165) is 55.1 Å². The molecule has 5 aromatic rings. The molecule has 0 atom stereocenters. The maximum Gasteiger partial charge on any atom is 0.178 e. The van der Waals surface area contributed by atoms with E-state index in [-0.39, 0.29) is 0 Å². The van der Waals surface area contributed by atoms with E-state index in [1.807, 2.05) is 72.8 Å². The van der Waals surface area contributed by atoms with Crippen molar-refractivity contribution >= 4 is 11.6 Å². The van der Waals surface area contributed by atoms with Crippen molar-refractivity contribution in [2.75, 3.05) is 26.3 Å². The summed E-state index contributed by atoms with van der Waals surface area (Å²) >= 11 is 6.76. The summed E-state index contributed by atoms with van der Waals surface area (Å²) in [5.41, 5.74) is 5.93. The molecule has 1 aliphatic rings. The number of halogens is 1. The molecule has 0 bridgehead atoms. The van der Waals surface area contributed by atoms with Gasteiger partial charge in [-0.05, 0) is 28.3 Å². The molecule has 6 nitrogen and oxygen atoms in total. The van der Waals surface area contributed by atoms with Gasteiger partial charge < -0.3 is 18.7 Å². The second kappa shape index (κ2) is 13.0. The lowest BCUT2D eigenvalue weighted by molar-refractivity contribution is 0.0342. The Morgan fingerprint density at radius 2 is 1.34 bits per heavy atom. The molecule has 1 fully saturated rings. The number of morpholine rings is 1. The molecule has 1 aliphatic heterocycles. The fourth-order valence-electron chi connectivity index (χ4n) is 4.86. The Kier molecular flexibility index (Phi) is 8.62. The highest BCUT2D eigenvalue weighted by molar-refractivity contribution is 6.32. The molecule has 0 radical (unpaired) electrons. The van der Waals surface area contributed by atoms with Gasteiger partial charge in [-0.25, -0.2) is 0 Å². The van der Waals surface area contributed by atoms with Crippen molar-refractivity contribution in [2.45, 2.75) is 19.8 Å². The van der Waals surface area contributed by atoms with Crippen LogP contribution < -0.4 is 9.47 Å². The van der Waals surface area contributed by atoms with Gasteiger partial charge in [0.2, 0.25) is 0 Å². The molecule has 0 unspecified atom stereocenters. The summed E-state index contributed by atoms with van der Waals surface area (Å²) in [5, 5.41) is 4.62. The molecule has 0 N–H and O–H groups in total. The Labute approximate surface area is 245 Å². The first-order valence-electron chi connectivity index (χ1n) is 13.7. The van der Waals surface area contributed by atoms with Crippen LogP contribution >= 0.6 is 11.6 Å². The van der Waals surface area contributed by atoms with Gasteiger partial charge in [-0.1, -0.05) is 102 Å². The van der Waals surface area contributed by atoms with Crippen LogP contribution in [0.5, 0.6) is 11.5 Å². The Bertz CT molecular complexity index is 1550. The second-order valence-electron chi connectivity index (χ2n) is 9.98. The van der Waals surface area contributed by atoms with Crippen LogP contribution in [0.3, 0.4) is 0 Å². The molecule has 1 aromatic heterocycles. The molecule has 41 heavy (non-hydrogen) atoms. The van der Waals surface area contributed by atoms with E-state index >= 15 is 0 Å². The highest BCUT2D eigenvalue weighted by Crippen LogP contribution is 2.43.